The minimum atomic E-state index is -4.97. The number of pyridine rings is 1. The van der Waals surface area contributed by atoms with Crippen molar-refractivity contribution in [1.82, 2.24) is 19.9 Å². The van der Waals surface area contributed by atoms with E-state index < -0.39 is 51.5 Å². The lowest BCUT2D eigenvalue weighted by atomic mass is 9.95. The molecule has 0 aliphatic carbocycles. The topological polar surface area (TPSA) is 110 Å². The molecule has 3 aliphatic heterocycles. The van der Waals surface area contributed by atoms with E-state index in [4.69, 9.17) is 26.8 Å². The van der Waals surface area contributed by atoms with Gasteiger partial charge < -0.3 is 25.2 Å². The van der Waals surface area contributed by atoms with Gasteiger partial charge in [0.2, 0.25) is 5.88 Å². The summed E-state index contributed by atoms with van der Waals surface area (Å²) >= 11 is 5.94. The Morgan fingerprint density at radius 3 is 2.76 bits per heavy atom. The van der Waals surface area contributed by atoms with E-state index in [1.165, 1.54) is 0 Å². The van der Waals surface area contributed by atoms with Crippen LogP contribution in [0.2, 0.25) is 5.02 Å². The molecule has 5 heterocycles. The first kappa shape index (κ1) is 28.9. The Balaban J connectivity index is 1.54. The number of nitrogen functional groups attached to an aromatic ring is 1. The second-order valence-corrected chi connectivity index (χ2v) is 11.6. The maximum absolute atomic E-state index is 16.4. The fourth-order valence-electron chi connectivity index (χ4n) is 6.31. The van der Waals surface area contributed by atoms with Crippen molar-refractivity contribution < 1.29 is 36.5 Å². The van der Waals surface area contributed by atoms with E-state index in [1.54, 1.807) is 11.9 Å². The van der Waals surface area contributed by atoms with Crippen LogP contribution in [0.5, 0.6) is 11.9 Å². The Morgan fingerprint density at radius 1 is 1.24 bits per heavy atom. The zero-order valence-corrected chi connectivity index (χ0v) is 23.3. The Morgan fingerprint density at radius 2 is 2.02 bits per heavy atom. The van der Waals surface area contributed by atoms with Gasteiger partial charge in [0, 0.05) is 43.7 Å². The Labute approximate surface area is 242 Å². The molecular formula is C27H28ClF5N6O3. The molecule has 0 bridgehead atoms. The van der Waals surface area contributed by atoms with Gasteiger partial charge in [-0.1, -0.05) is 11.6 Å². The minimum Gasteiger partial charge on any atom is -0.477 e. The number of ether oxygens (including phenoxy) is 2. The number of hydrogen-bond acceptors (Lipinski definition) is 9. The lowest BCUT2D eigenvalue weighted by molar-refractivity contribution is -0.137. The predicted octanol–water partition coefficient (Wildman–Crippen LogP) is 4.48. The fraction of sp³-hybridized carbons (Fsp3) is 0.519. The molecule has 3 aliphatic rings. The number of benzene rings is 1. The fourth-order valence-corrected chi connectivity index (χ4v) is 6.65. The number of fused-ring (bicyclic) bond motifs is 1. The third-order valence-electron chi connectivity index (χ3n) is 8.20. The molecule has 0 amide bonds. The van der Waals surface area contributed by atoms with Gasteiger partial charge in [0.05, 0.1) is 29.3 Å². The number of nitrogens with two attached hydrogens (primary N) is 1. The standard InChI is InChI=1S/C27H28ClF5N6O3/c1-38-8-13(10-40)11-41-24-18-22(20(30)21(35-24)16-5-15(34)6-17(28)19(16)27(31,32)33)36-25(37-23(18)38)42-12-26-3-2-4-39(26)9-14(29)7-26/h5-6,13-14,40H,2-4,7-12,34H2,1H3/t13?,14-,26+/m1/s1. The van der Waals surface area contributed by atoms with E-state index in [9.17, 15) is 22.7 Å². The molecule has 1 unspecified atom stereocenters. The SMILES string of the molecule is CN1CC(CO)COc2nc(-c3cc(N)cc(Cl)c3C(F)(F)F)c(F)c3nc(OC[C@@]45CCCN4C[C@H](F)C5)nc1c23. The number of aliphatic hydroxyl groups is 1. The molecule has 2 fully saturated rings. The highest BCUT2D eigenvalue weighted by Gasteiger charge is 2.49. The summed E-state index contributed by atoms with van der Waals surface area (Å²) in [5, 5.41) is 9.17. The van der Waals surface area contributed by atoms with Crippen LogP contribution in [0, 0.1) is 11.7 Å². The number of aromatic nitrogens is 3. The van der Waals surface area contributed by atoms with Gasteiger partial charge in [-0.2, -0.15) is 23.1 Å². The second kappa shape index (κ2) is 10.5. The lowest BCUT2D eigenvalue weighted by Gasteiger charge is -2.31. The Hall–Kier alpha value is -3.23. The van der Waals surface area contributed by atoms with Crippen LogP contribution >= 0.6 is 11.6 Å². The number of anilines is 2. The number of rotatable bonds is 5. The van der Waals surface area contributed by atoms with Gasteiger partial charge in [0.25, 0.3) is 0 Å². The Kier molecular flexibility index (Phi) is 7.21. The summed E-state index contributed by atoms with van der Waals surface area (Å²) in [7, 11) is 1.66. The van der Waals surface area contributed by atoms with Crippen molar-refractivity contribution >= 4 is 34.0 Å². The molecule has 0 saturated carbocycles. The highest BCUT2D eigenvalue weighted by molar-refractivity contribution is 6.32. The molecule has 226 valence electrons. The minimum absolute atomic E-state index is 0.0244. The van der Waals surface area contributed by atoms with Crippen LogP contribution in [-0.4, -0.2) is 83.2 Å². The van der Waals surface area contributed by atoms with Gasteiger partial charge in [-0.25, -0.2) is 13.8 Å². The van der Waals surface area contributed by atoms with Gasteiger partial charge in [-0.05, 0) is 31.5 Å². The average molecular weight is 615 g/mol. The van der Waals surface area contributed by atoms with Crippen molar-refractivity contribution in [2.75, 3.05) is 57.1 Å². The van der Waals surface area contributed by atoms with Gasteiger partial charge in [0.1, 0.15) is 35.2 Å². The first-order valence-corrected chi connectivity index (χ1v) is 13.8. The van der Waals surface area contributed by atoms with Gasteiger partial charge in [-0.15, -0.1) is 0 Å². The summed E-state index contributed by atoms with van der Waals surface area (Å²) in [6.07, 6.45) is -4.10. The highest BCUT2D eigenvalue weighted by atomic mass is 35.5. The number of halogens is 6. The van der Waals surface area contributed by atoms with Crippen molar-refractivity contribution in [3.63, 3.8) is 0 Å². The van der Waals surface area contributed by atoms with E-state index in [-0.39, 0.29) is 67.1 Å². The van der Waals surface area contributed by atoms with Gasteiger partial charge in [-0.3, -0.25) is 4.90 Å². The van der Waals surface area contributed by atoms with Crippen molar-refractivity contribution in [2.24, 2.45) is 5.92 Å². The molecule has 3 aromatic rings. The maximum Gasteiger partial charge on any atom is 0.418 e. The second-order valence-electron chi connectivity index (χ2n) is 11.2. The molecule has 6 rings (SSSR count). The molecule has 0 spiro atoms. The van der Waals surface area contributed by atoms with Crippen LogP contribution in [0.25, 0.3) is 22.2 Å². The molecule has 2 aromatic heterocycles. The zero-order chi connectivity index (χ0) is 30.0. The molecule has 9 nitrogen and oxygen atoms in total. The van der Waals surface area contributed by atoms with Crippen LogP contribution in [0.15, 0.2) is 12.1 Å². The lowest BCUT2D eigenvalue weighted by Crippen LogP contribution is -2.43. The van der Waals surface area contributed by atoms with Gasteiger partial charge in [0.15, 0.2) is 5.82 Å². The first-order chi connectivity index (χ1) is 19.9. The molecule has 1 aromatic carbocycles. The molecule has 3 atom stereocenters. The average Bonchev–Trinajstić information content (AvgIpc) is 3.43. The summed E-state index contributed by atoms with van der Waals surface area (Å²) < 4.78 is 84.9. The largest absolute Gasteiger partial charge is 0.477 e. The van der Waals surface area contributed by atoms with Crippen LogP contribution < -0.4 is 20.1 Å². The van der Waals surface area contributed by atoms with E-state index in [0.29, 0.717) is 13.0 Å². The van der Waals surface area contributed by atoms with Crippen molar-refractivity contribution in [3.05, 3.63) is 28.5 Å². The van der Waals surface area contributed by atoms with E-state index in [0.717, 1.165) is 25.1 Å². The van der Waals surface area contributed by atoms with Crippen LogP contribution in [0.4, 0.5) is 33.5 Å². The summed E-state index contributed by atoms with van der Waals surface area (Å²) in [6, 6.07) is 1.62. The monoisotopic (exact) mass is 614 g/mol. The number of alkyl halides is 4. The van der Waals surface area contributed by atoms with E-state index in [2.05, 4.69) is 15.0 Å². The smallest absolute Gasteiger partial charge is 0.418 e. The van der Waals surface area contributed by atoms with Crippen LogP contribution in [0.3, 0.4) is 0 Å². The van der Waals surface area contributed by atoms with Crippen LogP contribution in [0.1, 0.15) is 24.8 Å². The maximum atomic E-state index is 16.4. The third kappa shape index (κ3) is 4.92. The number of aliphatic hydroxyl groups excluding tert-OH is 1. The summed E-state index contributed by atoms with van der Waals surface area (Å²) in [6.45, 7) is 1.01. The van der Waals surface area contributed by atoms with E-state index in [1.807, 2.05) is 4.90 Å². The van der Waals surface area contributed by atoms with Crippen molar-refractivity contribution in [2.45, 2.75) is 37.1 Å². The Bertz CT molecular complexity index is 1540. The zero-order valence-electron chi connectivity index (χ0n) is 22.5. The quantitative estimate of drug-likeness (QED) is 0.318. The van der Waals surface area contributed by atoms with Gasteiger partial charge >= 0.3 is 12.2 Å². The normalized spacial score (nSPS) is 24.4. The molecule has 2 saturated heterocycles. The first-order valence-electron chi connectivity index (χ1n) is 13.4. The third-order valence-corrected chi connectivity index (χ3v) is 8.50. The number of nitrogens with zero attached hydrogens (tertiary/aromatic N) is 5. The van der Waals surface area contributed by atoms with Crippen molar-refractivity contribution in [1.29, 1.82) is 0 Å². The molecular weight excluding hydrogens is 587 g/mol. The molecule has 0 radical (unpaired) electrons. The summed E-state index contributed by atoms with van der Waals surface area (Å²) in [5.74, 6) is -1.68. The van der Waals surface area contributed by atoms with E-state index >= 15 is 4.39 Å². The predicted molar refractivity (Wildman–Crippen MR) is 145 cm³/mol. The molecule has 42 heavy (non-hydrogen) atoms. The molecule has 15 heteroatoms. The summed E-state index contributed by atoms with van der Waals surface area (Å²) in [4.78, 5) is 16.6. The highest BCUT2D eigenvalue weighted by Crippen LogP contribution is 2.46. The number of hydrogen-bond donors (Lipinski definition) is 2. The van der Waals surface area contributed by atoms with Crippen LogP contribution in [-0.2, 0) is 6.18 Å². The summed E-state index contributed by atoms with van der Waals surface area (Å²) in [5.41, 5.74) is 2.01. The van der Waals surface area contributed by atoms with Crippen molar-refractivity contribution in [3.8, 4) is 23.1 Å². The molecule has 3 N–H and O–H groups in total.